The van der Waals surface area contributed by atoms with Crippen molar-refractivity contribution in [2.45, 2.75) is 19.4 Å². The molecule has 7 heteroatoms. The first-order chi connectivity index (χ1) is 10.1. The molecule has 1 aromatic carbocycles. The summed E-state index contributed by atoms with van der Waals surface area (Å²) in [6.07, 6.45) is 0.724. The summed E-state index contributed by atoms with van der Waals surface area (Å²) >= 11 is 0. The number of nitrogens with two attached hydrogens (primary N) is 1. The minimum Gasteiger partial charge on any atom is -0.496 e. The molecule has 7 nitrogen and oxygen atoms in total. The van der Waals surface area contributed by atoms with Gasteiger partial charge in [-0.25, -0.2) is 0 Å². The lowest BCUT2D eigenvalue weighted by molar-refractivity contribution is 0.348. The Bertz CT molecular complexity index is 612. The monoisotopic (exact) mass is 293 g/mol. The largest absolute Gasteiger partial charge is 0.496 e. The van der Waals surface area contributed by atoms with E-state index in [0.717, 1.165) is 6.42 Å². The van der Waals surface area contributed by atoms with Crippen molar-refractivity contribution in [2.24, 2.45) is 5.73 Å². The van der Waals surface area contributed by atoms with E-state index in [-0.39, 0.29) is 6.04 Å². The van der Waals surface area contributed by atoms with Crippen molar-refractivity contribution in [1.29, 1.82) is 0 Å². The summed E-state index contributed by atoms with van der Waals surface area (Å²) in [5.41, 5.74) is 6.52. The second-order valence-electron chi connectivity index (χ2n) is 4.38. The van der Waals surface area contributed by atoms with Crippen molar-refractivity contribution >= 4 is 0 Å². The summed E-state index contributed by atoms with van der Waals surface area (Å²) in [4.78, 5) is 4.31. The fourth-order valence-electron chi connectivity index (χ4n) is 1.87. The van der Waals surface area contributed by atoms with Gasteiger partial charge in [-0.3, -0.25) is 0 Å². The number of nitrogens with zero attached hydrogens (tertiary/aromatic N) is 2. The number of benzene rings is 1. The van der Waals surface area contributed by atoms with Crippen LogP contribution >= 0.6 is 0 Å². The molecule has 0 fully saturated rings. The summed E-state index contributed by atoms with van der Waals surface area (Å²) in [5.74, 6) is 2.44. The average Bonchev–Trinajstić information content (AvgIpc) is 3.02. The smallest absolute Gasteiger partial charge is 0.261 e. The molecular formula is C14H19N3O4. The normalized spacial score (nSPS) is 12.0. The SMILES string of the molecule is CCC(N)c1noc(-c2cc(OC)c(OC)cc2OC)n1. The predicted octanol–water partition coefficient (Wildman–Crippen LogP) is 2.17. The van der Waals surface area contributed by atoms with Crippen LogP contribution in [0.15, 0.2) is 16.7 Å². The highest BCUT2D eigenvalue weighted by atomic mass is 16.5. The third kappa shape index (κ3) is 2.92. The van der Waals surface area contributed by atoms with Crippen LogP contribution in [0.2, 0.25) is 0 Å². The van der Waals surface area contributed by atoms with E-state index in [4.69, 9.17) is 24.5 Å². The van der Waals surface area contributed by atoms with Crippen molar-refractivity contribution < 1.29 is 18.7 Å². The lowest BCUT2D eigenvalue weighted by atomic mass is 10.1. The zero-order chi connectivity index (χ0) is 15.4. The Balaban J connectivity index is 2.49. The Morgan fingerprint density at radius 3 is 2.29 bits per heavy atom. The summed E-state index contributed by atoms with van der Waals surface area (Å²) < 4.78 is 21.1. The van der Waals surface area contributed by atoms with Crippen LogP contribution in [0, 0.1) is 0 Å². The van der Waals surface area contributed by atoms with Gasteiger partial charge in [0.1, 0.15) is 5.75 Å². The lowest BCUT2D eigenvalue weighted by Crippen LogP contribution is -2.10. The van der Waals surface area contributed by atoms with Gasteiger partial charge in [-0.2, -0.15) is 4.98 Å². The maximum Gasteiger partial charge on any atom is 0.261 e. The molecule has 0 aliphatic carbocycles. The van der Waals surface area contributed by atoms with Crippen LogP contribution in [0.25, 0.3) is 11.5 Å². The average molecular weight is 293 g/mol. The van der Waals surface area contributed by atoms with Crippen LogP contribution < -0.4 is 19.9 Å². The van der Waals surface area contributed by atoms with Gasteiger partial charge >= 0.3 is 0 Å². The van der Waals surface area contributed by atoms with Crippen molar-refractivity contribution in [2.75, 3.05) is 21.3 Å². The topological polar surface area (TPSA) is 92.6 Å². The molecule has 0 amide bonds. The van der Waals surface area contributed by atoms with Crippen LogP contribution in [0.5, 0.6) is 17.2 Å². The summed E-state index contributed by atoms with van der Waals surface area (Å²) in [7, 11) is 4.67. The Labute approximate surface area is 123 Å². The molecule has 0 saturated heterocycles. The number of hydrogen-bond donors (Lipinski definition) is 1. The van der Waals surface area contributed by atoms with Crippen LogP contribution in [0.1, 0.15) is 25.2 Å². The third-order valence-corrected chi connectivity index (χ3v) is 3.15. The van der Waals surface area contributed by atoms with Gasteiger partial charge in [-0.15, -0.1) is 0 Å². The van der Waals surface area contributed by atoms with Gasteiger partial charge in [0, 0.05) is 12.1 Å². The minimum absolute atomic E-state index is 0.256. The standard InChI is InChI=1S/C14H19N3O4/c1-5-9(15)13-16-14(21-17-13)8-6-11(19-3)12(20-4)7-10(8)18-2/h6-7,9H,5,15H2,1-4H3. The van der Waals surface area contributed by atoms with Crippen molar-refractivity contribution in [1.82, 2.24) is 10.1 Å². The van der Waals surface area contributed by atoms with Crippen LogP contribution in [0.3, 0.4) is 0 Å². The Morgan fingerprint density at radius 2 is 1.71 bits per heavy atom. The molecule has 21 heavy (non-hydrogen) atoms. The van der Waals surface area contributed by atoms with Crippen molar-refractivity contribution in [3.05, 3.63) is 18.0 Å². The fraction of sp³-hybridized carbons (Fsp3) is 0.429. The van der Waals surface area contributed by atoms with Gasteiger partial charge < -0.3 is 24.5 Å². The molecule has 2 aromatic rings. The Morgan fingerprint density at radius 1 is 1.10 bits per heavy atom. The Hall–Kier alpha value is -2.28. The molecule has 1 unspecified atom stereocenters. The highest BCUT2D eigenvalue weighted by Crippen LogP contribution is 2.39. The molecular weight excluding hydrogens is 274 g/mol. The first-order valence-corrected chi connectivity index (χ1v) is 6.54. The van der Waals surface area contributed by atoms with Crippen LogP contribution in [-0.2, 0) is 0 Å². The molecule has 0 spiro atoms. The number of methoxy groups -OCH3 is 3. The number of rotatable bonds is 6. The van der Waals surface area contributed by atoms with Gasteiger partial charge in [-0.05, 0) is 6.42 Å². The number of hydrogen-bond acceptors (Lipinski definition) is 7. The molecule has 114 valence electrons. The second kappa shape index (κ2) is 6.45. The van der Waals surface area contributed by atoms with E-state index in [1.807, 2.05) is 6.92 Å². The fourth-order valence-corrected chi connectivity index (χ4v) is 1.87. The molecule has 0 aliphatic heterocycles. The molecule has 0 saturated carbocycles. The van der Waals surface area contributed by atoms with Crippen molar-refractivity contribution in [3.63, 3.8) is 0 Å². The number of ether oxygens (including phenoxy) is 3. The molecule has 1 heterocycles. The Kier molecular flexibility index (Phi) is 4.64. The van der Waals surface area contributed by atoms with E-state index in [0.29, 0.717) is 34.5 Å². The molecule has 0 radical (unpaired) electrons. The van der Waals surface area contributed by atoms with Gasteiger partial charge in [0.15, 0.2) is 17.3 Å². The van der Waals surface area contributed by atoms with E-state index in [1.165, 1.54) is 0 Å². The first-order valence-electron chi connectivity index (χ1n) is 6.54. The van der Waals surface area contributed by atoms with Gasteiger partial charge in [0.05, 0.1) is 32.9 Å². The molecule has 0 aliphatic rings. The second-order valence-corrected chi connectivity index (χ2v) is 4.38. The maximum atomic E-state index is 5.90. The van der Waals surface area contributed by atoms with Crippen molar-refractivity contribution in [3.8, 4) is 28.7 Å². The van der Waals surface area contributed by atoms with Gasteiger partial charge in [-0.1, -0.05) is 12.1 Å². The zero-order valence-electron chi connectivity index (χ0n) is 12.5. The van der Waals surface area contributed by atoms with Crippen LogP contribution in [-0.4, -0.2) is 31.5 Å². The van der Waals surface area contributed by atoms with E-state index in [1.54, 1.807) is 33.5 Å². The summed E-state index contributed by atoms with van der Waals surface area (Å²) in [6, 6.07) is 3.18. The minimum atomic E-state index is -0.256. The zero-order valence-corrected chi connectivity index (χ0v) is 12.5. The molecule has 0 bridgehead atoms. The highest BCUT2D eigenvalue weighted by molar-refractivity contribution is 5.68. The summed E-state index contributed by atoms with van der Waals surface area (Å²) in [5, 5.41) is 3.90. The first kappa shape index (κ1) is 15.1. The number of aromatic nitrogens is 2. The van der Waals surface area contributed by atoms with E-state index >= 15 is 0 Å². The summed E-state index contributed by atoms with van der Waals surface area (Å²) in [6.45, 7) is 1.96. The lowest BCUT2D eigenvalue weighted by Gasteiger charge is -2.11. The van der Waals surface area contributed by atoms with E-state index in [2.05, 4.69) is 10.1 Å². The third-order valence-electron chi connectivity index (χ3n) is 3.15. The molecule has 1 aromatic heterocycles. The van der Waals surface area contributed by atoms with E-state index < -0.39 is 0 Å². The predicted molar refractivity (Wildman–Crippen MR) is 76.6 cm³/mol. The van der Waals surface area contributed by atoms with Gasteiger partial charge in [0.2, 0.25) is 0 Å². The highest BCUT2D eigenvalue weighted by Gasteiger charge is 2.20. The molecule has 1 atom stereocenters. The maximum absolute atomic E-state index is 5.90. The molecule has 2 rings (SSSR count). The quantitative estimate of drug-likeness (QED) is 0.872. The van der Waals surface area contributed by atoms with E-state index in [9.17, 15) is 0 Å². The van der Waals surface area contributed by atoms with Crippen LogP contribution in [0.4, 0.5) is 0 Å². The van der Waals surface area contributed by atoms with Gasteiger partial charge in [0.25, 0.3) is 5.89 Å². The molecule has 2 N–H and O–H groups in total.